The zero-order valence-electron chi connectivity index (χ0n) is 15.6. The third-order valence-electron chi connectivity index (χ3n) is 4.63. The van der Waals surface area contributed by atoms with Gasteiger partial charge >= 0.3 is 0 Å². The lowest BCUT2D eigenvalue weighted by atomic mass is 10.0. The fourth-order valence-electron chi connectivity index (χ4n) is 3.21. The molecule has 0 aliphatic heterocycles. The van der Waals surface area contributed by atoms with Crippen LogP contribution in [0.15, 0.2) is 60.7 Å². The molecule has 4 aromatic rings. The molecule has 0 bridgehead atoms. The van der Waals surface area contributed by atoms with Gasteiger partial charge in [-0.3, -0.25) is 9.48 Å². The average Bonchev–Trinajstić information content (AvgIpc) is 3.01. The summed E-state index contributed by atoms with van der Waals surface area (Å²) in [5, 5.41) is 9.78. The molecular formula is C22H19ClN4O. The highest BCUT2D eigenvalue weighted by Crippen LogP contribution is 2.25. The maximum Gasteiger partial charge on any atom is 0.261 e. The van der Waals surface area contributed by atoms with E-state index in [0.29, 0.717) is 28.8 Å². The number of nitrogens with zero attached hydrogens (tertiary/aromatic N) is 3. The van der Waals surface area contributed by atoms with Gasteiger partial charge in [-0.2, -0.15) is 5.10 Å². The molecular weight excluding hydrogens is 372 g/mol. The summed E-state index contributed by atoms with van der Waals surface area (Å²) in [6, 6.07) is 19.9. The minimum absolute atomic E-state index is 0.314. The molecule has 2 aromatic carbocycles. The Morgan fingerprint density at radius 3 is 2.61 bits per heavy atom. The van der Waals surface area contributed by atoms with E-state index in [-0.39, 0.29) is 5.91 Å². The summed E-state index contributed by atoms with van der Waals surface area (Å²) in [5.74, 6) is 0.153. The van der Waals surface area contributed by atoms with Crippen LogP contribution in [0.1, 0.15) is 23.0 Å². The normalized spacial score (nSPS) is 11.0. The number of amides is 1. The molecule has 28 heavy (non-hydrogen) atoms. The van der Waals surface area contributed by atoms with Crippen LogP contribution >= 0.6 is 11.6 Å². The summed E-state index contributed by atoms with van der Waals surface area (Å²) in [4.78, 5) is 17.3. The third kappa shape index (κ3) is 3.37. The number of aryl methyl sites for hydroxylation is 2. The van der Waals surface area contributed by atoms with E-state index in [1.165, 1.54) is 5.39 Å². The Bertz CT molecular complexity index is 1180. The summed E-state index contributed by atoms with van der Waals surface area (Å²) < 4.78 is 1.60. The van der Waals surface area contributed by atoms with Crippen LogP contribution in [-0.4, -0.2) is 20.7 Å². The molecule has 0 radical (unpaired) electrons. The van der Waals surface area contributed by atoms with Crippen molar-refractivity contribution in [3.8, 4) is 11.3 Å². The number of anilines is 1. The number of hydrogen-bond donors (Lipinski definition) is 1. The number of rotatable bonds is 4. The van der Waals surface area contributed by atoms with Crippen molar-refractivity contribution in [3.05, 3.63) is 77.1 Å². The van der Waals surface area contributed by atoms with Gasteiger partial charge in [0.1, 0.15) is 11.0 Å². The molecule has 0 unspecified atom stereocenters. The first-order valence-corrected chi connectivity index (χ1v) is 9.45. The van der Waals surface area contributed by atoms with Crippen LogP contribution in [0.5, 0.6) is 0 Å². The highest BCUT2D eigenvalue weighted by Gasteiger charge is 2.20. The van der Waals surface area contributed by atoms with Crippen molar-refractivity contribution >= 4 is 34.1 Å². The Hall–Kier alpha value is -3.18. The fourth-order valence-corrected chi connectivity index (χ4v) is 3.59. The van der Waals surface area contributed by atoms with Crippen molar-refractivity contribution in [2.24, 2.45) is 0 Å². The second-order valence-corrected chi connectivity index (χ2v) is 6.85. The fraction of sp³-hybridized carbons (Fsp3) is 0.136. The van der Waals surface area contributed by atoms with Gasteiger partial charge in [0.15, 0.2) is 0 Å². The van der Waals surface area contributed by atoms with Gasteiger partial charge in [-0.15, -0.1) is 0 Å². The van der Waals surface area contributed by atoms with Gasteiger partial charge in [-0.05, 0) is 42.8 Å². The highest BCUT2D eigenvalue weighted by molar-refractivity contribution is 6.33. The van der Waals surface area contributed by atoms with Gasteiger partial charge in [-0.1, -0.05) is 54.1 Å². The number of halogens is 1. The predicted molar refractivity (Wildman–Crippen MR) is 113 cm³/mol. The van der Waals surface area contributed by atoms with E-state index < -0.39 is 0 Å². The number of fused-ring (bicyclic) bond motifs is 1. The smallest absolute Gasteiger partial charge is 0.261 e. The SMILES string of the molecule is CCn1nc(C)c(C(=O)Nc2cccc(-c3ccc4ccccc4c3)n2)c1Cl. The number of nitrogens with one attached hydrogen (secondary N) is 1. The first kappa shape index (κ1) is 18.2. The standard InChI is InChI=1S/C22H19ClN4O/c1-3-27-21(23)20(14(2)26-27)22(28)25-19-10-6-9-18(24-19)17-12-11-15-7-4-5-8-16(15)13-17/h4-13H,3H2,1-2H3,(H,24,25,28). The van der Waals surface area contributed by atoms with E-state index in [4.69, 9.17) is 11.6 Å². The molecule has 4 rings (SSSR count). The van der Waals surface area contributed by atoms with E-state index in [1.807, 2.05) is 37.3 Å². The molecule has 0 aliphatic carbocycles. The molecule has 5 nitrogen and oxygen atoms in total. The van der Waals surface area contributed by atoms with E-state index in [0.717, 1.165) is 16.6 Å². The quantitative estimate of drug-likeness (QED) is 0.512. The minimum atomic E-state index is -0.314. The second-order valence-electron chi connectivity index (χ2n) is 6.49. The molecule has 1 amide bonds. The van der Waals surface area contributed by atoms with E-state index in [2.05, 4.69) is 39.7 Å². The Balaban J connectivity index is 1.63. The molecule has 0 spiro atoms. The minimum Gasteiger partial charge on any atom is -0.306 e. The summed E-state index contributed by atoms with van der Waals surface area (Å²) >= 11 is 6.29. The van der Waals surface area contributed by atoms with Gasteiger partial charge in [0.05, 0.1) is 17.0 Å². The number of carbonyl (C=O) groups excluding carboxylic acids is 1. The number of aromatic nitrogens is 3. The van der Waals surface area contributed by atoms with Crippen molar-refractivity contribution in [2.75, 3.05) is 5.32 Å². The number of pyridine rings is 1. The largest absolute Gasteiger partial charge is 0.306 e. The zero-order valence-corrected chi connectivity index (χ0v) is 16.4. The molecule has 140 valence electrons. The molecule has 0 saturated heterocycles. The molecule has 2 heterocycles. The Kier molecular flexibility index (Phi) is 4.84. The summed E-state index contributed by atoms with van der Waals surface area (Å²) in [6.07, 6.45) is 0. The van der Waals surface area contributed by atoms with Crippen LogP contribution in [0, 0.1) is 6.92 Å². The van der Waals surface area contributed by atoms with Crippen molar-refractivity contribution in [1.29, 1.82) is 0 Å². The molecule has 2 aromatic heterocycles. The monoisotopic (exact) mass is 390 g/mol. The molecule has 6 heteroatoms. The number of benzene rings is 2. The van der Waals surface area contributed by atoms with Crippen molar-refractivity contribution in [2.45, 2.75) is 20.4 Å². The first-order valence-electron chi connectivity index (χ1n) is 9.07. The first-order chi connectivity index (χ1) is 13.6. The molecule has 0 fully saturated rings. The van der Waals surface area contributed by atoms with Crippen molar-refractivity contribution in [3.63, 3.8) is 0 Å². The summed E-state index contributed by atoms with van der Waals surface area (Å²) in [5.41, 5.74) is 2.75. The Morgan fingerprint density at radius 1 is 1.07 bits per heavy atom. The lowest BCUT2D eigenvalue weighted by Crippen LogP contribution is -2.14. The zero-order chi connectivity index (χ0) is 19.7. The second kappa shape index (κ2) is 7.44. The lowest BCUT2D eigenvalue weighted by molar-refractivity contribution is 0.102. The van der Waals surface area contributed by atoms with Crippen LogP contribution in [-0.2, 0) is 6.54 Å². The van der Waals surface area contributed by atoms with Gasteiger partial charge in [0, 0.05) is 12.1 Å². The van der Waals surface area contributed by atoms with E-state index in [9.17, 15) is 4.79 Å². The summed E-state index contributed by atoms with van der Waals surface area (Å²) in [6.45, 7) is 4.29. The van der Waals surface area contributed by atoms with Crippen LogP contribution < -0.4 is 5.32 Å². The molecule has 0 aliphatic rings. The predicted octanol–water partition coefficient (Wildman–Crippen LogP) is 5.33. The van der Waals surface area contributed by atoms with Crippen molar-refractivity contribution < 1.29 is 4.79 Å². The summed E-state index contributed by atoms with van der Waals surface area (Å²) in [7, 11) is 0. The molecule has 0 atom stereocenters. The number of carbonyl (C=O) groups is 1. The topological polar surface area (TPSA) is 59.8 Å². The van der Waals surface area contributed by atoms with Crippen LogP contribution in [0.3, 0.4) is 0 Å². The molecule has 0 saturated carbocycles. The van der Waals surface area contributed by atoms with Gasteiger partial charge in [0.25, 0.3) is 5.91 Å². The van der Waals surface area contributed by atoms with E-state index >= 15 is 0 Å². The Morgan fingerprint density at radius 2 is 1.86 bits per heavy atom. The van der Waals surface area contributed by atoms with E-state index in [1.54, 1.807) is 17.7 Å². The van der Waals surface area contributed by atoms with Gasteiger partial charge in [-0.25, -0.2) is 4.98 Å². The maximum atomic E-state index is 12.7. The number of hydrogen-bond acceptors (Lipinski definition) is 3. The van der Waals surface area contributed by atoms with Crippen molar-refractivity contribution in [1.82, 2.24) is 14.8 Å². The van der Waals surface area contributed by atoms with Gasteiger partial charge < -0.3 is 5.32 Å². The van der Waals surface area contributed by atoms with Crippen LogP contribution in [0.25, 0.3) is 22.0 Å². The Labute approximate surface area is 168 Å². The van der Waals surface area contributed by atoms with Crippen LogP contribution in [0.2, 0.25) is 5.15 Å². The van der Waals surface area contributed by atoms with Gasteiger partial charge in [0.2, 0.25) is 0 Å². The molecule has 1 N–H and O–H groups in total. The van der Waals surface area contributed by atoms with Crippen LogP contribution in [0.4, 0.5) is 5.82 Å². The average molecular weight is 391 g/mol. The lowest BCUT2D eigenvalue weighted by Gasteiger charge is -2.08. The maximum absolute atomic E-state index is 12.7. The third-order valence-corrected chi connectivity index (χ3v) is 5.01. The highest BCUT2D eigenvalue weighted by atomic mass is 35.5.